The highest BCUT2D eigenvalue weighted by atomic mass is 32.2. The number of hydrogen-bond donors (Lipinski definition) is 0. The minimum atomic E-state index is -3.44. The fourth-order valence-electron chi connectivity index (χ4n) is 3.15. The van der Waals surface area contributed by atoms with Crippen molar-refractivity contribution in [2.24, 2.45) is 0 Å². The van der Waals surface area contributed by atoms with Crippen LogP contribution in [0.4, 0.5) is 5.69 Å². The molecule has 0 aliphatic carbocycles. The van der Waals surface area contributed by atoms with Crippen molar-refractivity contribution in [2.75, 3.05) is 25.5 Å². The summed E-state index contributed by atoms with van der Waals surface area (Å²) in [6.07, 6.45) is 2.49. The number of anilines is 1. The van der Waals surface area contributed by atoms with E-state index in [0.717, 1.165) is 29.9 Å². The van der Waals surface area contributed by atoms with Crippen LogP contribution < -0.4 is 10.5 Å². The van der Waals surface area contributed by atoms with Crippen molar-refractivity contribution in [1.82, 2.24) is 13.7 Å². The molecule has 1 aromatic carbocycles. The third kappa shape index (κ3) is 2.81. The van der Waals surface area contributed by atoms with Gasteiger partial charge in [0.1, 0.15) is 0 Å². The van der Waals surface area contributed by atoms with Gasteiger partial charge in [0.05, 0.1) is 17.1 Å². The molecule has 0 fully saturated rings. The van der Waals surface area contributed by atoms with E-state index in [1.807, 2.05) is 11.4 Å². The van der Waals surface area contributed by atoms with Gasteiger partial charge in [-0.25, -0.2) is 17.7 Å². The van der Waals surface area contributed by atoms with Crippen molar-refractivity contribution in [3.63, 3.8) is 0 Å². The zero-order chi connectivity index (χ0) is 18.5. The number of fused-ring (bicyclic) bond motifs is 2. The Morgan fingerprint density at radius 1 is 1.27 bits per heavy atom. The molecule has 9 heteroatoms. The maximum absolute atomic E-state index is 12.3. The van der Waals surface area contributed by atoms with Crippen LogP contribution in [-0.4, -0.2) is 42.7 Å². The molecular formula is C17H18N4O3S2. The molecule has 136 valence electrons. The van der Waals surface area contributed by atoms with Gasteiger partial charge in [-0.05, 0) is 30.2 Å². The summed E-state index contributed by atoms with van der Waals surface area (Å²) >= 11 is 1.43. The molecule has 0 spiro atoms. The van der Waals surface area contributed by atoms with Gasteiger partial charge >= 0.3 is 0 Å². The van der Waals surface area contributed by atoms with Gasteiger partial charge in [0.2, 0.25) is 10.0 Å². The molecule has 1 aliphatic rings. The lowest BCUT2D eigenvalue weighted by molar-refractivity contribution is 0.520. The van der Waals surface area contributed by atoms with Gasteiger partial charge in [-0.15, -0.1) is 11.3 Å². The molecule has 0 amide bonds. The molecule has 4 rings (SSSR count). The summed E-state index contributed by atoms with van der Waals surface area (Å²) < 4.78 is 27.4. The van der Waals surface area contributed by atoms with Gasteiger partial charge in [0.25, 0.3) is 5.56 Å². The van der Waals surface area contributed by atoms with Crippen molar-refractivity contribution in [2.45, 2.75) is 17.9 Å². The van der Waals surface area contributed by atoms with Crippen molar-refractivity contribution >= 4 is 32.0 Å². The lowest BCUT2D eigenvalue weighted by atomic mass is 10.2. The molecule has 1 aliphatic heterocycles. The van der Waals surface area contributed by atoms with Crippen LogP contribution in [0.5, 0.6) is 0 Å². The molecule has 0 atom stereocenters. The van der Waals surface area contributed by atoms with Crippen molar-refractivity contribution in [3.05, 3.63) is 57.5 Å². The monoisotopic (exact) mass is 390 g/mol. The summed E-state index contributed by atoms with van der Waals surface area (Å²) in [5, 5.41) is 1.84. The van der Waals surface area contributed by atoms with Gasteiger partial charge in [0, 0.05) is 44.0 Å². The second-order valence-electron chi connectivity index (χ2n) is 6.39. The maximum atomic E-state index is 12.3. The van der Waals surface area contributed by atoms with Gasteiger partial charge < -0.3 is 4.90 Å². The molecule has 3 aromatic rings. The number of sulfonamides is 1. The highest BCUT2D eigenvalue weighted by Gasteiger charge is 2.24. The second-order valence-corrected chi connectivity index (χ2v) is 9.42. The maximum Gasteiger partial charge on any atom is 0.258 e. The summed E-state index contributed by atoms with van der Waals surface area (Å²) in [6, 6.07) is 6.78. The number of hydrogen-bond acceptors (Lipinski definition) is 6. The van der Waals surface area contributed by atoms with Crippen LogP contribution in [0.25, 0.3) is 4.96 Å². The molecule has 3 heterocycles. The van der Waals surface area contributed by atoms with Crippen LogP contribution in [0, 0.1) is 0 Å². The van der Waals surface area contributed by atoms with E-state index >= 15 is 0 Å². The Morgan fingerprint density at radius 3 is 2.85 bits per heavy atom. The van der Waals surface area contributed by atoms with E-state index < -0.39 is 10.0 Å². The first kappa shape index (κ1) is 17.2. The van der Waals surface area contributed by atoms with Gasteiger partial charge in [-0.3, -0.25) is 9.20 Å². The molecule has 0 unspecified atom stereocenters. The minimum absolute atomic E-state index is 0.0851. The molecule has 0 saturated heterocycles. The Kier molecular flexibility index (Phi) is 4.09. The SMILES string of the molecule is CN(C)S(=O)(=O)c1ccc2c(c1)CCN2Cc1cc(=O)n2ccsc2n1. The topological polar surface area (TPSA) is 75.0 Å². The molecule has 0 N–H and O–H groups in total. The normalized spacial score (nSPS) is 14.3. The predicted octanol–water partition coefficient (Wildman–Crippen LogP) is 1.57. The van der Waals surface area contributed by atoms with Gasteiger partial charge in [-0.1, -0.05) is 0 Å². The van der Waals surface area contributed by atoms with Gasteiger partial charge in [0.15, 0.2) is 4.96 Å². The Hall–Kier alpha value is -2.23. The second kappa shape index (κ2) is 6.19. The third-order valence-corrected chi connectivity index (χ3v) is 7.10. The average molecular weight is 390 g/mol. The minimum Gasteiger partial charge on any atom is -0.365 e. The van der Waals surface area contributed by atoms with E-state index in [1.54, 1.807) is 24.4 Å². The molecule has 26 heavy (non-hydrogen) atoms. The number of thiazole rings is 1. The lowest BCUT2D eigenvalue weighted by Crippen LogP contribution is -2.23. The molecule has 2 aromatic heterocycles. The van der Waals surface area contributed by atoms with Crippen molar-refractivity contribution in [1.29, 1.82) is 0 Å². The van der Waals surface area contributed by atoms with E-state index in [0.29, 0.717) is 16.4 Å². The van der Waals surface area contributed by atoms with Crippen LogP contribution in [-0.2, 0) is 23.0 Å². The summed E-state index contributed by atoms with van der Waals surface area (Å²) in [5.41, 5.74) is 2.63. The van der Waals surface area contributed by atoms with Crippen molar-refractivity contribution < 1.29 is 8.42 Å². The lowest BCUT2D eigenvalue weighted by Gasteiger charge is -2.19. The zero-order valence-corrected chi connectivity index (χ0v) is 16.0. The number of aromatic nitrogens is 2. The van der Waals surface area contributed by atoms with Crippen molar-refractivity contribution in [3.8, 4) is 0 Å². The first-order valence-electron chi connectivity index (χ1n) is 8.12. The number of benzene rings is 1. The Bertz CT molecular complexity index is 1150. The summed E-state index contributed by atoms with van der Waals surface area (Å²) in [5.74, 6) is 0. The first-order chi connectivity index (χ1) is 12.4. The molecular weight excluding hydrogens is 372 g/mol. The van der Waals surface area contributed by atoms with E-state index in [4.69, 9.17) is 0 Å². The standard InChI is InChI=1S/C17H18N4O3S2/c1-19(2)26(23,24)14-3-4-15-12(9-14)5-6-20(15)11-13-10-16(22)21-7-8-25-17(21)18-13/h3-4,7-10H,5-6,11H2,1-2H3. The molecule has 7 nitrogen and oxygen atoms in total. The first-order valence-corrected chi connectivity index (χ1v) is 10.4. The van der Waals surface area contributed by atoms with Crippen LogP contribution in [0.3, 0.4) is 0 Å². The highest BCUT2D eigenvalue weighted by Crippen LogP contribution is 2.31. The quantitative estimate of drug-likeness (QED) is 0.676. The number of nitrogens with zero attached hydrogens (tertiary/aromatic N) is 4. The van der Waals surface area contributed by atoms with E-state index in [9.17, 15) is 13.2 Å². The summed E-state index contributed by atoms with van der Waals surface area (Å²) in [6.45, 7) is 1.29. The van der Waals surface area contributed by atoms with Crippen LogP contribution >= 0.6 is 11.3 Å². The molecule has 0 bridgehead atoms. The largest absolute Gasteiger partial charge is 0.365 e. The van der Waals surface area contributed by atoms with Crippen LogP contribution in [0.2, 0.25) is 0 Å². The van der Waals surface area contributed by atoms with E-state index in [1.165, 1.54) is 34.1 Å². The zero-order valence-electron chi connectivity index (χ0n) is 14.4. The average Bonchev–Trinajstić information content (AvgIpc) is 3.22. The summed E-state index contributed by atoms with van der Waals surface area (Å²) in [4.78, 5) is 19.8. The predicted molar refractivity (Wildman–Crippen MR) is 101 cm³/mol. The fourth-order valence-corrected chi connectivity index (χ4v) is 4.84. The van der Waals surface area contributed by atoms with Crippen LogP contribution in [0.15, 0.2) is 45.5 Å². The smallest absolute Gasteiger partial charge is 0.258 e. The van der Waals surface area contributed by atoms with Crippen LogP contribution in [0.1, 0.15) is 11.3 Å². The molecule has 0 saturated carbocycles. The van der Waals surface area contributed by atoms with Gasteiger partial charge in [-0.2, -0.15) is 0 Å². The Morgan fingerprint density at radius 2 is 2.08 bits per heavy atom. The number of rotatable bonds is 4. The Balaban J connectivity index is 1.64. The fraction of sp³-hybridized carbons (Fsp3) is 0.294. The highest BCUT2D eigenvalue weighted by molar-refractivity contribution is 7.89. The third-order valence-electron chi connectivity index (χ3n) is 4.53. The van der Waals surface area contributed by atoms with E-state index in [2.05, 4.69) is 9.88 Å². The van der Waals surface area contributed by atoms with E-state index in [-0.39, 0.29) is 5.56 Å². The Labute approximate surface area is 155 Å². The molecule has 0 radical (unpaired) electrons. The summed E-state index contributed by atoms with van der Waals surface area (Å²) in [7, 11) is -0.383.